The standard InChI is InChI=1S/C15H24N2OS/c1-5-12(6-2)11(4)17-14(13-7-8-19-9-13)16-10(3)15(17)18/h7-12,14,16H,5-6H2,1-4H3. The number of carbonyl (C=O) groups excluding carboxylic acids is 1. The lowest BCUT2D eigenvalue weighted by molar-refractivity contribution is -0.133. The van der Waals surface area contributed by atoms with E-state index in [-0.39, 0.29) is 24.2 Å². The van der Waals surface area contributed by atoms with Gasteiger partial charge >= 0.3 is 0 Å². The summed E-state index contributed by atoms with van der Waals surface area (Å²) in [5, 5.41) is 7.63. The minimum Gasteiger partial charge on any atom is -0.319 e. The molecule has 3 atom stereocenters. The van der Waals surface area contributed by atoms with Gasteiger partial charge in [-0.25, -0.2) is 0 Å². The Bertz CT molecular complexity index is 414. The maximum atomic E-state index is 12.5. The fourth-order valence-electron chi connectivity index (χ4n) is 3.06. The summed E-state index contributed by atoms with van der Waals surface area (Å²) < 4.78 is 0. The zero-order valence-corrected chi connectivity index (χ0v) is 13.0. The molecule has 1 fully saturated rings. The SMILES string of the molecule is CCC(CC)C(C)N1C(=O)C(C)NC1c1ccsc1. The maximum absolute atomic E-state index is 12.5. The number of thiophene rings is 1. The molecule has 0 aromatic carbocycles. The quantitative estimate of drug-likeness (QED) is 0.896. The van der Waals surface area contributed by atoms with Crippen LogP contribution in [0, 0.1) is 5.92 Å². The third-order valence-electron chi connectivity index (χ3n) is 4.34. The lowest BCUT2D eigenvalue weighted by Gasteiger charge is -2.34. The van der Waals surface area contributed by atoms with Crippen molar-refractivity contribution in [1.82, 2.24) is 10.2 Å². The molecule has 1 amide bonds. The van der Waals surface area contributed by atoms with E-state index in [2.05, 4.69) is 47.8 Å². The Morgan fingerprint density at radius 1 is 1.42 bits per heavy atom. The van der Waals surface area contributed by atoms with Crippen molar-refractivity contribution in [2.24, 2.45) is 5.92 Å². The number of amides is 1. The second-order valence-electron chi connectivity index (χ2n) is 5.41. The summed E-state index contributed by atoms with van der Waals surface area (Å²) in [5.74, 6) is 0.799. The molecule has 1 aliphatic heterocycles. The van der Waals surface area contributed by atoms with Gasteiger partial charge in [-0.15, -0.1) is 0 Å². The summed E-state index contributed by atoms with van der Waals surface area (Å²) in [6.45, 7) is 8.57. The molecule has 0 radical (unpaired) electrons. The maximum Gasteiger partial charge on any atom is 0.241 e. The van der Waals surface area contributed by atoms with Crippen LogP contribution in [0.4, 0.5) is 0 Å². The predicted octanol–water partition coefficient (Wildman–Crippen LogP) is 3.39. The van der Waals surface area contributed by atoms with Crippen LogP contribution in [0.2, 0.25) is 0 Å². The molecule has 2 rings (SSSR count). The lowest BCUT2D eigenvalue weighted by atomic mass is 9.93. The molecule has 4 heteroatoms. The van der Waals surface area contributed by atoms with Crippen LogP contribution in [-0.2, 0) is 4.79 Å². The molecule has 2 heterocycles. The Hall–Kier alpha value is -0.870. The Morgan fingerprint density at radius 3 is 2.63 bits per heavy atom. The van der Waals surface area contributed by atoms with Crippen LogP contribution in [0.5, 0.6) is 0 Å². The zero-order valence-electron chi connectivity index (χ0n) is 12.2. The number of nitrogens with one attached hydrogen (secondary N) is 1. The number of hydrogen-bond donors (Lipinski definition) is 1. The summed E-state index contributed by atoms with van der Waals surface area (Å²) in [7, 11) is 0. The van der Waals surface area contributed by atoms with Gasteiger partial charge in [0.25, 0.3) is 0 Å². The first-order valence-electron chi connectivity index (χ1n) is 7.20. The monoisotopic (exact) mass is 280 g/mol. The van der Waals surface area contributed by atoms with Gasteiger partial charge in [-0.3, -0.25) is 10.1 Å². The number of hydrogen-bond acceptors (Lipinski definition) is 3. The number of carbonyl (C=O) groups is 1. The van der Waals surface area contributed by atoms with Crippen molar-refractivity contribution in [1.29, 1.82) is 0 Å². The second-order valence-corrected chi connectivity index (χ2v) is 6.19. The van der Waals surface area contributed by atoms with E-state index in [1.807, 2.05) is 6.92 Å². The van der Waals surface area contributed by atoms with Crippen LogP contribution in [0.1, 0.15) is 52.3 Å². The lowest BCUT2D eigenvalue weighted by Crippen LogP contribution is -2.42. The van der Waals surface area contributed by atoms with E-state index in [9.17, 15) is 4.79 Å². The third-order valence-corrected chi connectivity index (χ3v) is 5.04. The van der Waals surface area contributed by atoms with Gasteiger partial charge in [-0.05, 0) is 42.2 Å². The van der Waals surface area contributed by atoms with Gasteiger partial charge in [-0.2, -0.15) is 11.3 Å². The molecule has 1 aromatic rings. The van der Waals surface area contributed by atoms with E-state index in [0.29, 0.717) is 5.92 Å². The van der Waals surface area contributed by atoms with E-state index >= 15 is 0 Å². The molecule has 0 spiro atoms. The van der Waals surface area contributed by atoms with Crippen molar-refractivity contribution in [2.75, 3.05) is 0 Å². The average Bonchev–Trinajstić information content (AvgIpc) is 3.00. The van der Waals surface area contributed by atoms with Crippen LogP contribution < -0.4 is 5.32 Å². The first-order chi connectivity index (χ1) is 9.10. The normalized spacial score (nSPS) is 25.3. The topological polar surface area (TPSA) is 32.3 Å². The summed E-state index contributed by atoms with van der Waals surface area (Å²) in [4.78, 5) is 14.5. The fraction of sp³-hybridized carbons (Fsp3) is 0.667. The van der Waals surface area contributed by atoms with E-state index in [0.717, 1.165) is 12.8 Å². The van der Waals surface area contributed by atoms with Gasteiger partial charge in [0.05, 0.1) is 6.04 Å². The van der Waals surface area contributed by atoms with Crippen molar-refractivity contribution in [2.45, 2.75) is 58.8 Å². The molecule has 3 nitrogen and oxygen atoms in total. The molecule has 0 saturated carbocycles. The van der Waals surface area contributed by atoms with Gasteiger partial charge in [0.1, 0.15) is 6.17 Å². The largest absolute Gasteiger partial charge is 0.319 e. The van der Waals surface area contributed by atoms with Gasteiger partial charge < -0.3 is 4.90 Å². The smallest absolute Gasteiger partial charge is 0.241 e. The van der Waals surface area contributed by atoms with Crippen LogP contribution in [-0.4, -0.2) is 22.9 Å². The van der Waals surface area contributed by atoms with Crippen LogP contribution in [0.25, 0.3) is 0 Å². The van der Waals surface area contributed by atoms with Crippen molar-refractivity contribution in [3.63, 3.8) is 0 Å². The van der Waals surface area contributed by atoms with Crippen molar-refractivity contribution in [3.05, 3.63) is 22.4 Å². The van der Waals surface area contributed by atoms with E-state index in [1.54, 1.807) is 11.3 Å². The first kappa shape index (κ1) is 14.5. The van der Waals surface area contributed by atoms with Gasteiger partial charge in [0.2, 0.25) is 5.91 Å². The fourth-order valence-corrected chi connectivity index (χ4v) is 3.74. The molecule has 1 aromatic heterocycles. The number of nitrogens with zero attached hydrogens (tertiary/aromatic N) is 1. The molecule has 19 heavy (non-hydrogen) atoms. The van der Waals surface area contributed by atoms with E-state index in [4.69, 9.17) is 0 Å². The number of rotatable bonds is 5. The highest BCUT2D eigenvalue weighted by Crippen LogP contribution is 2.32. The highest BCUT2D eigenvalue weighted by atomic mass is 32.1. The summed E-state index contributed by atoms with van der Waals surface area (Å²) in [6, 6.07) is 2.31. The molecular weight excluding hydrogens is 256 g/mol. The summed E-state index contributed by atoms with van der Waals surface area (Å²) >= 11 is 1.68. The third kappa shape index (κ3) is 2.70. The highest BCUT2D eigenvalue weighted by Gasteiger charge is 2.41. The Kier molecular flexibility index (Phi) is 4.63. The molecule has 1 aliphatic rings. The molecule has 106 valence electrons. The van der Waals surface area contributed by atoms with E-state index < -0.39 is 0 Å². The molecular formula is C15H24N2OS. The second kappa shape index (κ2) is 6.06. The van der Waals surface area contributed by atoms with Crippen molar-refractivity contribution >= 4 is 17.2 Å². The minimum atomic E-state index is -0.0817. The van der Waals surface area contributed by atoms with Gasteiger partial charge in [0, 0.05) is 6.04 Å². The van der Waals surface area contributed by atoms with Crippen molar-refractivity contribution < 1.29 is 4.79 Å². The van der Waals surface area contributed by atoms with Crippen LogP contribution in [0.3, 0.4) is 0 Å². The van der Waals surface area contributed by atoms with Gasteiger partial charge in [0.15, 0.2) is 0 Å². The Labute approximate surface area is 120 Å². The highest BCUT2D eigenvalue weighted by molar-refractivity contribution is 7.07. The Morgan fingerprint density at radius 2 is 2.11 bits per heavy atom. The van der Waals surface area contributed by atoms with Gasteiger partial charge in [-0.1, -0.05) is 26.7 Å². The van der Waals surface area contributed by atoms with Crippen molar-refractivity contribution in [3.8, 4) is 0 Å². The summed E-state index contributed by atoms with van der Waals surface area (Å²) in [6.07, 6.45) is 2.28. The first-order valence-corrected chi connectivity index (χ1v) is 8.14. The zero-order chi connectivity index (χ0) is 14.0. The molecule has 3 unspecified atom stereocenters. The average molecular weight is 280 g/mol. The minimum absolute atomic E-state index is 0.0457. The molecule has 1 N–H and O–H groups in total. The predicted molar refractivity (Wildman–Crippen MR) is 80.0 cm³/mol. The van der Waals surface area contributed by atoms with Crippen LogP contribution >= 0.6 is 11.3 Å². The molecule has 0 bridgehead atoms. The van der Waals surface area contributed by atoms with E-state index in [1.165, 1.54) is 5.56 Å². The summed E-state index contributed by atoms with van der Waals surface area (Å²) in [5.41, 5.74) is 1.21. The molecule has 1 saturated heterocycles. The molecule has 0 aliphatic carbocycles. The van der Waals surface area contributed by atoms with Crippen LogP contribution in [0.15, 0.2) is 16.8 Å². The Balaban J connectivity index is 2.26.